The first-order valence-corrected chi connectivity index (χ1v) is 13.4. The normalized spacial score (nSPS) is 23.2. The van der Waals surface area contributed by atoms with Gasteiger partial charge in [0.05, 0.1) is 8.07 Å². The molecule has 2 aliphatic rings. The van der Waals surface area contributed by atoms with Gasteiger partial charge in [-0.25, -0.2) is 0 Å². The number of hydrogen-bond acceptors (Lipinski definition) is 0. The Morgan fingerprint density at radius 2 is 1.37 bits per heavy atom. The molecule has 0 amide bonds. The Labute approximate surface area is 220 Å². The zero-order valence-corrected chi connectivity index (χ0v) is 24.4. The Morgan fingerprint density at radius 1 is 0.867 bits per heavy atom. The predicted molar refractivity (Wildman–Crippen MR) is 119 cm³/mol. The molecule has 0 saturated heterocycles. The van der Waals surface area contributed by atoms with E-state index in [1.165, 1.54) is 42.0 Å². The fourth-order valence-corrected chi connectivity index (χ4v) is 11.2. The summed E-state index contributed by atoms with van der Waals surface area (Å²) >= 11 is 0. The molecule has 166 valence electrons. The van der Waals surface area contributed by atoms with Crippen LogP contribution in [0.2, 0.25) is 18.1 Å². The molecule has 2 aliphatic carbocycles. The van der Waals surface area contributed by atoms with E-state index in [-0.39, 0.29) is 58.9 Å². The second-order valence-electron chi connectivity index (χ2n) is 9.07. The summed E-state index contributed by atoms with van der Waals surface area (Å²) < 4.78 is 0. The average molecular weight is 520 g/mol. The first-order chi connectivity index (χ1) is 12.3. The van der Waals surface area contributed by atoms with Crippen LogP contribution in [0.3, 0.4) is 0 Å². The fourth-order valence-electron chi connectivity index (χ4n) is 5.62. The van der Waals surface area contributed by atoms with Gasteiger partial charge in [-0.05, 0) is 68.4 Å². The molecule has 0 bridgehead atoms. The van der Waals surface area contributed by atoms with Gasteiger partial charge < -0.3 is 43.6 Å². The maximum absolute atomic E-state index is 2.75. The number of hydrogen-bond donors (Lipinski definition) is 0. The third-order valence-electron chi connectivity index (χ3n) is 7.72. The summed E-state index contributed by atoms with van der Waals surface area (Å²) in [5.41, 5.74) is 8.58. The van der Waals surface area contributed by atoms with Crippen LogP contribution in [-0.4, -0.2) is 8.07 Å². The molecular weight excluding hydrogens is 483 g/mol. The number of fused-ring (bicyclic) bond motifs is 1. The molecule has 4 atom stereocenters. The summed E-state index contributed by atoms with van der Waals surface area (Å²) in [6, 6.07) is 1.43. The molecule has 30 heavy (non-hydrogen) atoms. The van der Waals surface area contributed by atoms with Gasteiger partial charge >= 0.3 is 21.7 Å². The van der Waals surface area contributed by atoms with Crippen molar-refractivity contribution in [3.8, 4) is 0 Å². The third kappa shape index (κ3) is 5.89. The van der Waals surface area contributed by atoms with Crippen LogP contribution in [0.25, 0.3) is 0 Å². The number of allylic oxidation sites excluding steroid dienone is 4. The van der Waals surface area contributed by atoms with Crippen molar-refractivity contribution in [2.24, 2.45) is 11.8 Å². The van der Waals surface area contributed by atoms with Crippen LogP contribution < -0.4 is 42.4 Å². The fraction of sp³-hybridized carbons (Fsp3) is 0.560. The van der Waals surface area contributed by atoms with Crippen LogP contribution >= 0.6 is 0 Å². The van der Waals surface area contributed by atoms with Crippen LogP contribution in [0, 0.1) is 52.9 Å². The molecule has 4 unspecified atom stereocenters. The molecule has 0 aromatic heterocycles. The molecule has 3 rings (SSSR count). The van der Waals surface area contributed by atoms with Crippen molar-refractivity contribution < 1.29 is 58.9 Å². The van der Waals surface area contributed by atoms with Gasteiger partial charge in [0.15, 0.2) is 0 Å². The maximum Gasteiger partial charge on any atom is 4.00 e. The van der Waals surface area contributed by atoms with E-state index in [0.29, 0.717) is 5.92 Å². The summed E-state index contributed by atoms with van der Waals surface area (Å²) in [7, 11) is -1.60. The van der Waals surface area contributed by atoms with E-state index in [1.807, 2.05) is 0 Å². The number of halogens is 3. The second kappa shape index (κ2) is 13.3. The molecule has 0 radical (unpaired) electrons. The standard InChI is InChI=1S/C25H37Si.3ClH.Ti/c1-8-9-14-26(7,24-15-22-12-10-11-13-23(22)16-24)25-20(5)18(3)17(2)19(4)21(25)6;;;;/h10-13,15,22-24H,8-9,14,16H2,1-7H3;3*1H;/q-1;;;;+4/p-3. The Kier molecular flexibility index (Phi) is 14.5. The van der Waals surface area contributed by atoms with Gasteiger partial charge in [0.2, 0.25) is 0 Å². The summed E-state index contributed by atoms with van der Waals surface area (Å²) in [5.74, 6) is 1.42. The Hall–Kier alpha value is 0.501. The van der Waals surface area contributed by atoms with E-state index in [1.54, 1.807) is 16.3 Å². The maximum atomic E-state index is 2.75. The minimum Gasteiger partial charge on any atom is -1.00 e. The average Bonchev–Trinajstić information content (AvgIpc) is 3.08. The van der Waals surface area contributed by atoms with Gasteiger partial charge in [0.1, 0.15) is 0 Å². The molecule has 0 heterocycles. The first kappa shape index (κ1) is 32.7. The summed E-state index contributed by atoms with van der Waals surface area (Å²) in [6.45, 7) is 16.9. The quantitative estimate of drug-likeness (QED) is 0.302. The Morgan fingerprint density at radius 3 is 1.87 bits per heavy atom. The molecular formula is C25H37Cl3SiTi. The number of benzene rings is 1. The molecule has 0 nitrogen and oxygen atoms in total. The van der Waals surface area contributed by atoms with Crippen molar-refractivity contribution in [1.29, 1.82) is 0 Å². The Balaban J connectivity index is 0. The topological polar surface area (TPSA) is 0 Å². The molecule has 1 fully saturated rings. The van der Waals surface area contributed by atoms with Gasteiger partial charge in [0.25, 0.3) is 0 Å². The van der Waals surface area contributed by atoms with E-state index in [0.717, 1.165) is 11.5 Å². The van der Waals surface area contributed by atoms with Crippen LogP contribution in [0.4, 0.5) is 0 Å². The van der Waals surface area contributed by atoms with Crippen LogP contribution in [0.1, 0.15) is 54.0 Å². The van der Waals surface area contributed by atoms with Crippen molar-refractivity contribution in [2.45, 2.75) is 78.9 Å². The van der Waals surface area contributed by atoms with Crippen LogP contribution in [0.15, 0.2) is 24.3 Å². The van der Waals surface area contributed by atoms with Crippen molar-refractivity contribution in [2.75, 3.05) is 0 Å². The van der Waals surface area contributed by atoms with Gasteiger partial charge in [-0.3, -0.25) is 0 Å². The molecule has 1 aromatic rings. The number of rotatable bonds is 5. The van der Waals surface area contributed by atoms with Crippen molar-refractivity contribution in [3.05, 3.63) is 58.5 Å². The predicted octanol–water partition coefficient (Wildman–Crippen LogP) is -2.34. The monoisotopic (exact) mass is 518 g/mol. The van der Waals surface area contributed by atoms with E-state index < -0.39 is 8.07 Å². The smallest absolute Gasteiger partial charge is 1.00 e. The summed E-state index contributed by atoms with van der Waals surface area (Å²) in [6.07, 6.45) is 16.2. The van der Waals surface area contributed by atoms with Crippen molar-refractivity contribution in [3.63, 3.8) is 0 Å². The summed E-state index contributed by atoms with van der Waals surface area (Å²) in [5, 5.41) is 1.79. The third-order valence-corrected chi connectivity index (χ3v) is 13.1. The van der Waals surface area contributed by atoms with Crippen LogP contribution in [0.5, 0.6) is 0 Å². The zero-order valence-electron chi connectivity index (χ0n) is 19.6. The molecule has 5 heteroatoms. The molecule has 0 N–H and O–H groups in total. The van der Waals surface area contributed by atoms with Gasteiger partial charge in [0, 0.05) is 0 Å². The summed E-state index contributed by atoms with van der Waals surface area (Å²) in [4.78, 5) is 0. The van der Waals surface area contributed by atoms with Crippen LogP contribution in [-0.2, 0) is 21.7 Å². The van der Waals surface area contributed by atoms with Gasteiger partial charge in [-0.2, -0.15) is 5.54 Å². The minimum atomic E-state index is -1.60. The molecule has 1 aromatic carbocycles. The Bertz CT molecular complexity index is 710. The van der Waals surface area contributed by atoms with Crippen molar-refractivity contribution in [1.82, 2.24) is 0 Å². The largest absolute Gasteiger partial charge is 4.00 e. The van der Waals surface area contributed by atoms with E-state index in [4.69, 9.17) is 0 Å². The first-order valence-electron chi connectivity index (χ1n) is 10.6. The van der Waals surface area contributed by atoms with Gasteiger partial charge in [-0.1, -0.05) is 62.2 Å². The SMILES string of the molecule is CCCC[Si](C)(c1c(C)c(C)c(C)c(C)c1C)C1[CH-]C2C=CC=CC2C1.[Cl-].[Cl-].[Cl-].[Ti+4]. The zero-order chi connectivity index (χ0) is 19.1. The minimum absolute atomic E-state index is 0. The molecule has 1 saturated carbocycles. The van der Waals surface area contributed by atoms with E-state index in [2.05, 4.69) is 78.8 Å². The molecule has 0 spiro atoms. The van der Waals surface area contributed by atoms with E-state index >= 15 is 0 Å². The second-order valence-corrected chi connectivity index (χ2v) is 13.6. The van der Waals surface area contributed by atoms with Crippen molar-refractivity contribution >= 4 is 13.3 Å². The number of unbranched alkanes of at least 4 members (excludes halogenated alkanes) is 1. The van der Waals surface area contributed by atoms with Gasteiger partial charge in [-0.15, -0.1) is 12.0 Å². The van der Waals surface area contributed by atoms with E-state index in [9.17, 15) is 0 Å². The molecule has 0 aliphatic heterocycles.